The molecule has 3 aromatic rings. The predicted octanol–water partition coefficient (Wildman–Crippen LogP) is 4.84. The van der Waals surface area contributed by atoms with Crippen molar-refractivity contribution >= 4 is 40.1 Å². The Morgan fingerprint density at radius 1 is 1.24 bits per heavy atom. The van der Waals surface area contributed by atoms with E-state index in [0.717, 1.165) is 31.5 Å². The van der Waals surface area contributed by atoms with Gasteiger partial charge in [0.1, 0.15) is 23.3 Å². The van der Waals surface area contributed by atoms with Gasteiger partial charge in [-0.2, -0.15) is 15.2 Å². The lowest BCUT2D eigenvalue weighted by molar-refractivity contribution is -0.117. The van der Waals surface area contributed by atoms with Crippen molar-refractivity contribution in [1.29, 1.82) is 5.26 Å². The molecule has 176 valence electrons. The Hall–Kier alpha value is -3.80. The van der Waals surface area contributed by atoms with Gasteiger partial charge in [0.2, 0.25) is 11.9 Å². The van der Waals surface area contributed by atoms with Crippen molar-refractivity contribution in [3.05, 3.63) is 30.0 Å². The molecule has 34 heavy (non-hydrogen) atoms. The Bertz CT molecular complexity index is 1240. The van der Waals surface area contributed by atoms with Gasteiger partial charge in [-0.25, -0.2) is 0 Å². The summed E-state index contributed by atoms with van der Waals surface area (Å²) in [6.45, 7) is 3.14. The summed E-state index contributed by atoms with van der Waals surface area (Å²) in [6.07, 6.45) is 8.94. The summed E-state index contributed by atoms with van der Waals surface area (Å²) < 4.78 is 5.88. The molecule has 1 aliphatic carbocycles. The Balaban J connectivity index is 1.48. The van der Waals surface area contributed by atoms with Gasteiger partial charge in [-0.1, -0.05) is 19.3 Å². The smallest absolute Gasteiger partial charge is 0.231 e. The van der Waals surface area contributed by atoms with E-state index in [2.05, 4.69) is 26.7 Å². The lowest BCUT2D eigenvalue weighted by Gasteiger charge is -2.24. The molecular formula is C25H29N7O2. The number of hydrogen-bond acceptors (Lipinski definition) is 7. The molecule has 1 amide bonds. The van der Waals surface area contributed by atoms with Gasteiger partial charge in [0, 0.05) is 37.0 Å². The van der Waals surface area contributed by atoms with E-state index >= 15 is 0 Å². The van der Waals surface area contributed by atoms with Crippen molar-refractivity contribution in [3.8, 4) is 11.8 Å². The van der Waals surface area contributed by atoms with E-state index in [9.17, 15) is 10.1 Å². The van der Waals surface area contributed by atoms with Crippen LogP contribution in [0.1, 0.15) is 57.4 Å². The molecule has 1 saturated carbocycles. The van der Waals surface area contributed by atoms with Crippen LogP contribution in [0.3, 0.4) is 0 Å². The van der Waals surface area contributed by atoms with Crippen LogP contribution in [0.5, 0.6) is 5.75 Å². The van der Waals surface area contributed by atoms with Crippen LogP contribution in [0.4, 0.5) is 23.1 Å². The second kappa shape index (κ2) is 9.59. The van der Waals surface area contributed by atoms with Gasteiger partial charge in [-0.05, 0) is 38.3 Å². The largest absolute Gasteiger partial charge is 0.492 e. The third-order valence-corrected chi connectivity index (χ3v) is 6.49. The maximum Gasteiger partial charge on any atom is 0.231 e. The van der Waals surface area contributed by atoms with Crippen LogP contribution in [-0.4, -0.2) is 40.1 Å². The van der Waals surface area contributed by atoms with Gasteiger partial charge in [0.15, 0.2) is 0 Å². The van der Waals surface area contributed by atoms with Crippen molar-refractivity contribution in [3.63, 3.8) is 0 Å². The number of rotatable bonds is 7. The van der Waals surface area contributed by atoms with Crippen molar-refractivity contribution in [2.75, 3.05) is 28.7 Å². The van der Waals surface area contributed by atoms with E-state index in [1.165, 1.54) is 19.3 Å². The van der Waals surface area contributed by atoms with Crippen LogP contribution in [0, 0.1) is 11.3 Å². The number of benzene rings is 1. The molecular weight excluding hydrogens is 430 g/mol. The zero-order valence-corrected chi connectivity index (χ0v) is 19.4. The monoisotopic (exact) mass is 459 g/mol. The zero-order chi connectivity index (χ0) is 23.5. The normalized spacial score (nSPS) is 16.6. The predicted molar refractivity (Wildman–Crippen MR) is 132 cm³/mol. The van der Waals surface area contributed by atoms with Crippen LogP contribution < -0.4 is 20.3 Å². The number of nitrogens with one attached hydrogen (secondary N) is 3. The SMILES string of the molecule is CCOc1cc(N2CCCC2=O)ccc1Nc1nc(NC2CCCCC2)c2c(C#N)c[nH]c2n1. The summed E-state index contributed by atoms with van der Waals surface area (Å²) in [4.78, 5) is 26.5. The summed E-state index contributed by atoms with van der Waals surface area (Å²) >= 11 is 0. The molecule has 2 aliphatic rings. The Kier molecular flexibility index (Phi) is 6.21. The number of carbonyl (C=O) groups is 1. The molecule has 0 spiro atoms. The molecule has 0 atom stereocenters. The number of nitriles is 1. The first-order chi connectivity index (χ1) is 16.7. The van der Waals surface area contributed by atoms with Crippen molar-refractivity contribution in [2.24, 2.45) is 0 Å². The number of ether oxygens (including phenoxy) is 1. The number of anilines is 4. The van der Waals surface area contributed by atoms with Crippen LogP contribution in [0.2, 0.25) is 0 Å². The molecule has 0 unspecified atom stereocenters. The standard InChI is InChI=1S/C25H29N7O2/c1-2-34-20-13-18(32-12-6-9-21(32)33)10-11-19(20)29-25-30-23-22(16(14-26)15-27-23)24(31-25)28-17-7-4-3-5-8-17/h10-11,13,15,17H,2-9,12H2,1H3,(H3,27,28,29,30,31). The molecule has 3 heterocycles. The average Bonchev–Trinajstić information content (AvgIpc) is 3.47. The highest BCUT2D eigenvalue weighted by Gasteiger charge is 2.23. The number of aromatic nitrogens is 3. The first kappa shape index (κ1) is 22.0. The Labute approximate surface area is 198 Å². The molecule has 0 radical (unpaired) electrons. The van der Waals surface area contributed by atoms with Gasteiger partial charge in [0.25, 0.3) is 0 Å². The van der Waals surface area contributed by atoms with Crippen molar-refractivity contribution < 1.29 is 9.53 Å². The number of fused-ring (bicyclic) bond motifs is 1. The Morgan fingerprint density at radius 2 is 2.09 bits per heavy atom. The van der Waals surface area contributed by atoms with Gasteiger partial charge in [-0.15, -0.1) is 0 Å². The first-order valence-electron chi connectivity index (χ1n) is 12.1. The highest BCUT2D eigenvalue weighted by Crippen LogP contribution is 2.35. The van der Waals surface area contributed by atoms with E-state index in [4.69, 9.17) is 9.72 Å². The van der Waals surface area contributed by atoms with Gasteiger partial charge in [-0.3, -0.25) is 4.79 Å². The molecule has 0 bridgehead atoms. The number of nitrogens with zero attached hydrogens (tertiary/aromatic N) is 4. The quantitative estimate of drug-likeness (QED) is 0.462. The molecule has 2 aromatic heterocycles. The number of hydrogen-bond donors (Lipinski definition) is 3. The second-order valence-corrected chi connectivity index (χ2v) is 8.80. The van der Waals surface area contributed by atoms with Gasteiger partial charge < -0.3 is 25.3 Å². The molecule has 5 rings (SSSR count). The molecule has 9 nitrogen and oxygen atoms in total. The lowest BCUT2D eigenvalue weighted by Crippen LogP contribution is -2.23. The molecule has 1 aliphatic heterocycles. The fourth-order valence-electron chi connectivity index (χ4n) is 4.82. The molecule has 9 heteroatoms. The van der Waals surface area contributed by atoms with Crippen molar-refractivity contribution in [2.45, 2.75) is 57.9 Å². The first-order valence-corrected chi connectivity index (χ1v) is 12.1. The summed E-state index contributed by atoms with van der Waals surface area (Å²) in [7, 11) is 0. The highest BCUT2D eigenvalue weighted by molar-refractivity contribution is 5.96. The van der Waals surface area contributed by atoms with E-state index in [1.807, 2.05) is 25.1 Å². The number of aromatic amines is 1. The third-order valence-electron chi connectivity index (χ3n) is 6.49. The topological polar surface area (TPSA) is 119 Å². The van der Waals surface area contributed by atoms with E-state index in [0.29, 0.717) is 58.9 Å². The minimum absolute atomic E-state index is 0.135. The minimum atomic E-state index is 0.135. The molecule has 2 fully saturated rings. The van der Waals surface area contributed by atoms with Gasteiger partial charge in [0.05, 0.1) is 23.2 Å². The Morgan fingerprint density at radius 3 is 2.82 bits per heavy atom. The molecule has 1 saturated heterocycles. The van der Waals surface area contributed by atoms with Crippen LogP contribution in [0.25, 0.3) is 11.0 Å². The highest BCUT2D eigenvalue weighted by atomic mass is 16.5. The third kappa shape index (κ3) is 4.36. The number of carbonyl (C=O) groups excluding carboxylic acids is 1. The maximum atomic E-state index is 12.2. The summed E-state index contributed by atoms with van der Waals surface area (Å²) in [5.41, 5.74) is 2.67. The van der Waals surface area contributed by atoms with E-state index in [1.54, 1.807) is 11.1 Å². The fourth-order valence-corrected chi connectivity index (χ4v) is 4.82. The maximum absolute atomic E-state index is 12.2. The van der Waals surface area contributed by atoms with E-state index in [-0.39, 0.29) is 5.91 Å². The number of amides is 1. The van der Waals surface area contributed by atoms with Crippen LogP contribution in [0.15, 0.2) is 24.4 Å². The second-order valence-electron chi connectivity index (χ2n) is 8.80. The lowest BCUT2D eigenvalue weighted by atomic mass is 9.95. The molecule has 1 aromatic carbocycles. The molecule has 3 N–H and O–H groups in total. The summed E-state index contributed by atoms with van der Waals surface area (Å²) in [6, 6.07) is 8.26. The van der Waals surface area contributed by atoms with Crippen LogP contribution in [-0.2, 0) is 4.79 Å². The van der Waals surface area contributed by atoms with Crippen molar-refractivity contribution in [1.82, 2.24) is 15.0 Å². The zero-order valence-electron chi connectivity index (χ0n) is 19.4. The van der Waals surface area contributed by atoms with Crippen LogP contribution >= 0.6 is 0 Å². The van der Waals surface area contributed by atoms with Gasteiger partial charge >= 0.3 is 0 Å². The number of H-pyrrole nitrogens is 1. The van der Waals surface area contributed by atoms with E-state index < -0.39 is 0 Å². The fraction of sp³-hybridized carbons (Fsp3) is 0.440. The summed E-state index contributed by atoms with van der Waals surface area (Å²) in [5, 5.41) is 17.1. The average molecular weight is 460 g/mol. The summed E-state index contributed by atoms with van der Waals surface area (Å²) in [5.74, 6) is 1.84. The minimum Gasteiger partial charge on any atom is -0.492 e.